The Kier molecular flexibility index (Phi) is 5.28. The van der Waals surface area contributed by atoms with Gasteiger partial charge in [-0.05, 0) is 0 Å². The fourth-order valence-electron chi connectivity index (χ4n) is 1.28. The van der Waals surface area contributed by atoms with Crippen molar-refractivity contribution in [1.82, 2.24) is 5.32 Å². The molecule has 0 aromatic heterocycles. The van der Waals surface area contributed by atoms with Crippen LogP contribution in [-0.4, -0.2) is 24.0 Å². The summed E-state index contributed by atoms with van der Waals surface area (Å²) in [5, 5.41) is 2.65. The van der Waals surface area contributed by atoms with Crippen molar-refractivity contribution < 1.29 is 18.0 Å². The van der Waals surface area contributed by atoms with Crippen molar-refractivity contribution in [2.24, 2.45) is 5.92 Å². The SMILES string of the molecule is CC(C)N[C@@H](CC(F)(F)F)C(=O)C(C)C. The van der Waals surface area contributed by atoms with Crippen molar-refractivity contribution in [1.29, 1.82) is 0 Å². The van der Waals surface area contributed by atoms with Crippen molar-refractivity contribution in [2.75, 3.05) is 0 Å². The van der Waals surface area contributed by atoms with E-state index in [1.165, 1.54) is 0 Å². The van der Waals surface area contributed by atoms with E-state index in [0.29, 0.717) is 0 Å². The molecule has 90 valence electrons. The second-order valence-corrected chi connectivity index (χ2v) is 4.25. The predicted octanol–water partition coefficient (Wildman–Crippen LogP) is 2.53. The first-order chi connectivity index (χ1) is 6.63. The molecule has 0 aliphatic rings. The molecule has 2 nitrogen and oxygen atoms in total. The van der Waals surface area contributed by atoms with Crippen LogP contribution in [0, 0.1) is 5.92 Å². The molecule has 5 heteroatoms. The maximum Gasteiger partial charge on any atom is 0.391 e. The Bertz CT molecular complexity index is 211. The van der Waals surface area contributed by atoms with E-state index in [1.54, 1.807) is 27.7 Å². The summed E-state index contributed by atoms with van der Waals surface area (Å²) in [5.41, 5.74) is 0. The summed E-state index contributed by atoms with van der Waals surface area (Å²) in [7, 11) is 0. The summed E-state index contributed by atoms with van der Waals surface area (Å²) in [4.78, 5) is 11.5. The molecule has 0 saturated carbocycles. The Labute approximate surface area is 88.2 Å². The Morgan fingerprint density at radius 1 is 1.20 bits per heavy atom. The molecule has 0 amide bonds. The zero-order chi connectivity index (χ0) is 12.2. The number of carbonyl (C=O) groups is 1. The molecule has 0 bridgehead atoms. The van der Waals surface area contributed by atoms with Gasteiger partial charge in [-0.15, -0.1) is 0 Å². The van der Waals surface area contributed by atoms with Gasteiger partial charge in [0.15, 0.2) is 5.78 Å². The van der Waals surface area contributed by atoms with Gasteiger partial charge >= 0.3 is 6.18 Å². The molecule has 1 atom stereocenters. The van der Waals surface area contributed by atoms with E-state index >= 15 is 0 Å². The van der Waals surface area contributed by atoms with E-state index in [2.05, 4.69) is 5.32 Å². The molecular formula is C10H18F3NO. The molecule has 0 radical (unpaired) electrons. The van der Waals surface area contributed by atoms with Crippen LogP contribution in [0.15, 0.2) is 0 Å². The Balaban J connectivity index is 4.52. The van der Waals surface area contributed by atoms with Crippen LogP contribution in [0.3, 0.4) is 0 Å². The highest BCUT2D eigenvalue weighted by Crippen LogP contribution is 2.23. The number of hydrogen-bond acceptors (Lipinski definition) is 2. The van der Waals surface area contributed by atoms with Gasteiger partial charge in [0.05, 0.1) is 12.5 Å². The van der Waals surface area contributed by atoms with Gasteiger partial charge < -0.3 is 5.32 Å². The van der Waals surface area contributed by atoms with Crippen LogP contribution in [0.5, 0.6) is 0 Å². The highest BCUT2D eigenvalue weighted by Gasteiger charge is 2.35. The molecule has 0 aromatic carbocycles. The fraction of sp³-hybridized carbons (Fsp3) is 0.900. The van der Waals surface area contributed by atoms with Gasteiger partial charge in [-0.2, -0.15) is 13.2 Å². The Hall–Kier alpha value is -0.580. The van der Waals surface area contributed by atoms with E-state index < -0.39 is 18.6 Å². The van der Waals surface area contributed by atoms with E-state index in [-0.39, 0.29) is 17.7 Å². The number of carbonyl (C=O) groups excluding carboxylic acids is 1. The highest BCUT2D eigenvalue weighted by molar-refractivity contribution is 5.85. The molecule has 0 aliphatic heterocycles. The third-order valence-corrected chi connectivity index (χ3v) is 1.88. The third-order valence-electron chi connectivity index (χ3n) is 1.88. The largest absolute Gasteiger partial charge is 0.391 e. The summed E-state index contributed by atoms with van der Waals surface area (Å²) < 4.78 is 36.6. The number of halogens is 3. The van der Waals surface area contributed by atoms with Gasteiger partial charge in [0.1, 0.15) is 0 Å². The second-order valence-electron chi connectivity index (χ2n) is 4.25. The van der Waals surface area contributed by atoms with E-state index in [9.17, 15) is 18.0 Å². The normalized spacial score (nSPS) is 14.7. The van der Waals surface area contributed by atoms with Gasteiger partial charge in [-0.3, -0.25) is 4.79 Å². The average molecular weight is 225 g/mol. The number of rotatable bonds is 5. The summed E-state index contributed by atoms with van der Waals surface area (Å²) >= 11 is 0. The Morgan fingerprint density at radius 3 is 1.93 bits per heavy atom. The smallest absolute Gasteiger partial charge is 0.305 e. The molecule has 0 unspecified atom stereocenters. The zero-order valence-electron chi connectivity index (χ0n) is 9.48. The molecule has 0 saturated heterocycles. The standard InChI is InChI=1S/C10H18F3NO/c1-6(2)9(15)8(14-7(3)4)5-10(11,12)13/h6-8,14H,5H2,1-4H3/t8-/m0/s1. The lowest BCUT2D eigenvalue weighted by Gasteiger charge is -2.22. The van der Waals surface area contributed by atoms with Crippen molar-refractivity contribution in [2.45, 2.75) is 52.4 Å². The van der Waals surface area contributed by atoms with Crippen LogP contribution in [0.4, 0.5) is 13.2 Å². The van der Waals surface area contributed by atoms with Crippen LogP contribution in [0.1, 0.15) is 34.1 Å². The van der Waals surface area contributed by atoms with Gasteiger partial charge in [-0.1, -0.05) is 27.7 Å². The number of ketones is 1. The predicted molar refractivity (Wildman–Crippen MR) is 52.6 cm³/mol. The molecule has 0 aromatic rings. The summed E-state index contributed by atoms with van der Waals surface area (Å²) in [5.74, 6) is -0.773. The van der Waals surface area contributed by atoms with E-state index in [1.807, 2.05) is 0 Å². The van der Waals surface area contributed by atoms with Crippen LogP contribution in [0.25, 0.3) is 0 Å². The zero-order valence-corrected chi connectivity index (χ0v) is 9.48. The minimum absolute atomic E-state index is 0.139. The first kappa shape index (κ1) is 14.4. The third kappa shape index (κ3) is 6.49. The average Bonchev–Trinajstić information content (AvgIpc) is 1.97. The van der Waals surface area contributed by atoms with Crippen LogP contribution >= 0.6 is 0 Å². The van der Waals surface area contributed by atoms with Crippen molar-refractivity contribution in [3.63, 3.8) is 0 Å². The quantitative estimate of drug-likeness (QED) is 0.779. The van der Waals surface area contributed by atoms with Gasteiger partial charge in [0.25, 0.3) is 0 Å². The molecule has 0 rings (SSSR count). The number of hydrogen-bond donors (Lipinski definition) is 1. The summed E-state index contributed by atoms with van der Waals surface area (Å²) in [6.07, 6.45) is -5.40. The number of alkyl halides is 3. The lowest BCUT2D eigenvalue weighted by Crippen LogP contribution is -2.45. The van der Waals surface area contributed by atoms with E-state index in [4.69, 9.17) is 0 Å². The van der Waals surface area contributed by atoms with Crippen molar-refractivity contribution in [3.8, 4) is 0 Å². The van der Waals surface area contributed by atoms with Gasteiger partial charge in [0, 0.05) is 12.0 Å². The first-order valence-electron chi connectivity index (χ1n) is 5.00. The first-order valence-corrected chi connectivity index (χ1v) is 5.00. The van der Waals surface area contributed by atoms with E-state index in [0.717, 1.165) is 0 Å². The summed E-state index contributed by atoms with van der Waals surface area (Å²) in [6, 6.07) is -1.26. The van der Waals surface area contributed by atoms with Crippen molar-refractivity contribution >= 4 is 5.78 Å². The molecule has 1 N–H and O–H groups in total. The highest BCUT2D eigenvalue weighted by atomic mass is 19.4. The van der Waals surface area contributed by atoms with Gasteiger partial charge in [-0.25, -0.2) is 0 Å². The minimum Gasteiger partial charge on any atom is -0.305 e. The maximum absolute atomic E-state index is 12.2. The lowest BCUT2D eigenvalue weighted by molar-refractivity contribution is -0.150. The molecule has 0 aliphatic carbocycles. The fourth-order valence-corrected chi connectivity index (χ4v) is 1.28. The maximum atomic E-state index is 12.2. The molecule has 0 heterocycles. The lowest BCUT2D eigenvalue weighted by atomic mass is 9.98. The molecule has 0 spiro atoms. The van der Waals surface area contributed by atoms with Crippen molar-refractivity contribution in [3.05, 3.63) is 0 Å². The van der Waals surface area contributed by atoms with Crippen LogP contribution in [0.2, 0.25) is 0 Å². The molecule has 0 fully saturated rings. The topological polar surface area (TPSA) is 29.1 Å². The minimum atomic E-state index is -4.31. The number of Topliss-reactive ketones (excluding diaryl/α,β-unsaturated/α-hetero) is 1. The number of nitrogens with one attached hydrogen (secondary N) is 1. The second kappa shape index (κ2) is 5.49. The van der Waals surface area contributed by atoms with Crippen LogP contribution in [-0.2, 0) is 4.79 Å². The van der Waals surface area contributed by atoms with Crippen LogP contribution < -0.4 is 5.32 Å². The molecule has 15 heavy (non-hydrogen) atoms. The molecular weight excluding hydrogens is 207 g/mol. The van der Waals surface area contributed by atoms with Gasteiger partial charge in [0.2, 0.25) is 0 Å². The monoisotopic (exact) mass is 225 g/mol. The Morgan fingerprint density at radius 2 is 1.67 bits per heavy atom. The summed E-state index contributed by atoms with van der Waals surface area (Å²) in [6.45, 7) is 6.65.